The smallest absolute Gasteiger partial charge is 0.251 e. The summed E-state index contributed by atoms with van der Waals surface area (Å²) in [5.41, 5.74) is 1.48. The molecular weight excluding hydrogens is 436 g/mol. The van der Waals surface area contributed by atoms with Crippen molar-refractivity contribution < 1.29 is 18.7 Å². The number of ether oxygens (including phenoxy) is 1. The Morgan fingerprint density at radius 2 is 1.91 bits per heavy atom. The maximum atomic E-state index is 13.2. The van der Waals surface area contributed by atoms with Crippen LogP contribution in [0.5, 0.6) is 5.75 Å². The van der Waals surface area contributed by atoms with E-state index < -0.39 is 0 Å². The SMILES string of the molecule is COc1cccc(N(CC(=O)NCc2ccccc2)C(=O)Cn2nnc(-c3ccc(C)o3)n2)c1. The number of aromatic nitrogens is 4. The van der Waals surface area contributed by atoms with Crippen LogP contribution in [-0.2, 0) is 22.7 Å². The molecule has 1 N–H and O–H groups in total. The van der Waals surface area contributed by atoms with Gasteiger partial charge in [-0.1, -0.05) is 36.4 Å². The number of nitrogens with one attached hydrogen (secondary N) is 1. The van der Waals surface area contributed by atoms with Crippen molar-refractivity contribution in [1.82, 2.24) is 25.5 Å². The normalized spacial score (nSPS) is 10.6. The number of benzene rings is 2. The van der Waals surface area contributed by atoms with Crippen LogP contribution in [-0.4, -0.2) is 45.7 Å². The number of carbonyl (C=O) groups excluding carboxylic acids is 2. The number of amides is 2. The molecule has 0 radical (unpaired) electrons. The van der Waals surface area contributed by atoms with Crippen molar-refractivity contribution in [2.75, 3.05) is 18.6 Å². The van der Waals surface area contributed by atoms with E-state index in [-0.39, 0.29) is 30.7 Å². The summed E-state index contributed by atoms with van der Waals surface area (Å²) in [4.78, 5) is 28.5. The van der Waals surface area contributed by atoms with Gasteiger partial charge in [0, 0.05) is 18.3 Å². The Kier molecular flexibility index (Phi) is 6.97. The highest BCUT2D eigenvalue weighted by molar-refractivity contribution is 5.98. The Labute approximate surface area is 196 Å². The van der Waals surface area contributed by atoms with Crippen molar-refractivity contribution in [2.24, 2.45) is 0 Å². The molecule has 10 heteroatoms. The van der Waals surface area contributed by atoms with Gasteiger partial charge in [-0.2, -0.15) is 4.80 Å². The lowest BCUT2D eigenvalue weighted by Crippen LogP contribution is -2.42. The Morgan fingerprint density at radius 1 is 1.09 bits per heavy atom. The highest BCUT2D eigenvalue weighted by Gasteiger charge is 2.22. The zero-order chi connectivity index (χ0) is 23.9. The second-order valence-corrected chi connectivity index (χ2v) is 7.50. The second kappa shape index (κ2) is 10.4. The van der Waals surface area contributed by atoms with Crippen molar-refractivity contribution in [3.8, 4) is 17.3 Å². The first-order valence-electron chi connectivity index (χ1n) is 10.6. The number of furan rings is 1. The quantitative estimate of drug-likeness (QED) is 0.408. The first kappa shape index (κ1) is 22.7. The molecule has 0 bridgehead atoms. The number of aryl methyl sites for hydroxylation is 1. The standard InChI is InChI=1S/C24H24N6O4/c1-17-11-12-21(34-17)24-26-28-30(27-24)16-23(32)29(19-9-6-10-20(13-19)33-2)15-22(31)25-14-18-7-4-3-5-8-18/h3-13H,14-16H2,1-2H3,(H,25,31). The summed E-state index contributed by atoms with van der Waals surface area (Å²) < 4.78 is 10.8. The van der Waals surface area contributed by atoms with Crippen LogP contribution in [0.2, 0.25) is 0 Å². The summed E-state index contributed by atoms with van der Waals surface area (Å²) in [7, 11) is 1.54. The van der Waals surface area contributed by atoms with E-state index >= 15 is 0 Å². The molecule has 34 heavy (non-hydrogen) atoms. The van der Waals surface area contributed by atoms with Crippen LogP contribution < -0.4 is 15.0 Å². The summed E-state index contributed by atoms with van der Waals surface area (Å²) in [5, 5.41) is 15.0. The molecule has 2 heterocycles. The summed E-state index contributed by atoms with van der Waals surface area (Å²) in [6.45, 7) is 1.77. The molecule has 0 fully saturated rings. The molecule has 0 aliphatic carbocycles. The third kappa shape index (κ3) is 5.66. The zero-order valence-corrected chi connectivity index (χ0v) is 18.8. The maximum absolute atomic E-state index is 13.2. The molecule has 4 aromatic rings. The fourth-order valence-electron chi connectivity index (χ4n) is 3.27. The molecule has 0 unspecified atom stereocenters. The average molecular weight is 460 g/mol. The highest BCUT2D eigenvalue weighted by atomic mass is 16.5. The van der Waals surface area contributed by atoms with Crippen molar-refractivity contribution in [2.45, 2.75) is 20.0 Å². The van der Waals surface area contributed by atoms with E-state index in [1.165, 1.54) is 16.8 Å². The van der Waals surface area contributed by atoms with Crippen LogP contribution in [0, 0.1) is 6.92 Å². The van der Waals surface area contributed by atoms with E-state index in [9.17, 15) is 9.59 Å². The predicted octanol–water partition coefficient (Wildman–Crippen LogP) is 2.60. The Morgan fingerprint density at radius 3 is 2.65 bits per heavy atom. The summed E-state index contributed by atoms with van der Waals surface area (Å²) in [5.74, 6) is 1.32. The molecule has 2 amide bonds. The average Bonchev–Trinajstić information content (AvgIpc) is 3.50. The molecule has 10 nitrogen and oxygen atoms in total. The van der Waals surface area contributed by atoms with E-state index in [0.717, 1.165) is 5.56 Å². The lowest BCUT2D eigenvalue weighted by Gasteiger charge is -2.22. The highest BCUT2D eigenvalue weighted by Crippen LogP contribution is 2.22. The number of hydrogen-bond acceptors (Lipinski definition) is 7. The number of carbonyl (C=O) groups is 2. The van der Waals surface area contributed by atoms with E-state index in [1.807, 2.05) is 37.3 Å². The Hall–Kier alpha value is -4.47. The van der Waals surface area contributed by atoms with Crippen LogP contribution in [0.4, 0.5) is 5.69 Å². The largest absolute Gasteiger partial charge is 0.497 e. The first-order valence-corrected chi connectivity index (χ1v) is 10.6. The molecule has 0 saturated carbocycles. The number of methoxy groups -OCH3 is 1. The lowest BCUT2D eigenvalue weighted by molar-refractivity contribution is -0.124. The van der Waals surface area contributed by atoms with Gasteiger partial charge in [-0.3, -0.25) is 9.59 Å². The van der Waals surface area contributed by atoms with Gasteiger partial charge in [-0.05, 0) is 42.0 Å². The van der Waals surface area contributed by atoms with Crippen LogP contribution >= 0.6 is 0 Å². The van der Waals surface area contributed by atoms with E-state index in [2.05, 4.69) is 20.7 Å². The number of anilines is 1. The number of tetrazole rings is 1. The van der Waals surface area contributed by atoms with E-state index in [4.69, 9.17) is 9.15 Å². The third-order valence-electron chi connectivity index (χ3n) is 4.99. The lowest BCUT2D eigenvalue weighted by atomic mass is 10.2. The topological polar surface area (TPSA) is 115 Å². The van der Waals surface area contributed by atoms with Gasteiger partial charge in [0.25, 0.3) is 5.91 Å². The molecule has 0 spiro atoms. The van der Waals surface area contributed by atoms with Gasteiger partial charge in [-0.15, -0.1) is 10.2 Å². The molecule has 4 rings (SSSR count). The molecular formula is C24H24N6O4. The monoisotopic (exact) mass is 460 g/mol. The van der Waals surface area contributed by atoms with Gasteiger partial charge < -0.3 is 19.4 Å². The van der Waals surface area contributed by atoms with Crippen LogP contribution in [0.3, 0.4) is 0 Å². The molecule has 0 saturated heterocycles. The minimum Gasteiger partial charge on any atom is -0.497 e. The third-order valence-corrected chi connectivity index (χ3v) is 4.99. The minimum absolute atomic E-state index is 0.183. The molecule has 2 aromatic heterocycles. The fraction of sp³-hybridized carbons (Fsp3) is 0.208. The number of nitrogens with zero attached hydrogens (tertiary/aromatic N) is 5. The Balaban J connectivity index is 1.49. The summed E-state index contributed by atoms with van der Waals surface area (Å²) in [6, 6.07) is 20.0. The fourth-order valence-corrected chi connectivity index (χ4v) is 3.27. The molecule has 2 aromatic carbocycles. The van der Waals surface area contributed by atoms with Gasteiger partial charge in [0.1, 0.15) is 24.6 Å². The van der Waals surface area contributed by atoms with E-state index in [0.29, 0.717) is 29.5 Å². The van der Waals surface area contributed by atoms with Gasteiger partial charge in [0.15, 0.2) is 5.76 Å². The van der Waals surface area contributed by atoms with E-state index in [1.54, 1.807) is 36.4 Å². The number of rotatable bonds is 9. The van der Waals surface area contributed by atoms with Crippen molar-refractivity contribution in [3.05, 3.63) is 78.1 Å². The van der Waals surface area contributed by atoms with Crippen LogP contribution in [0.25, 0.3) is 11.6 Å². The van der Waals surface area contributed by atoms with Crippen molar-refractivity contribution >= 4 is 17.5 Å². The predicted molar refractivity (Wildman–Crippen MR) is 124 cm³/mol. The summed E-state index contributed by atoms with van der Waals surface area (Å²) >= 11 is 0. The van der Waals surface area contributed by atoms with Gasteiger partial charge in [-0.25, -0.2) is 0 Å². The van der Waals surface area contributed by atoms with Crippen LogP contribution in [0.1, 0.15) is 11.3 Å². The molecule has 0 aliphatic heterocycles. The molecule has 174 valence electrons. The minimum atomic E-state index is -0.386. The first-order chi connectivity index (χ1) is 16.5. The second-order valence-electron chi connectivity index (χ2n) is 7.50. The van der Waals surface area contributed by atoms with Crippen molar-refractivity contribution in [3.63, 3.8) is 0 Å². The van der Waals surface area contributed by atoms with Crippen LogP contribution in [0.15, 0.2) is 71.1 Å². The molecule has 0 atom stereocenters. The van der Waals surface area contributed by atoms with Crippen molar-refractivity contribution in [1.29, 1.82) is 0 Å². The maximum Gasteiger partial charge on any atom is 0.251 e. The Bertz CT molecular complexity index is 1270. The van der Waals surface area contributed by atoms with Gasteiger partial charge in [0.05, 0.1) is 7.11 Å². The van der Waals surface area contributed by atoms with Gasteiger partial charge >= 0.3 is 0 Å². The van der Waals surface area contributed by atoms with Gasteiger partial charge in [0.2, 0.25) is 11.7 Å². The zero-order valence-electron chi connectivity index (χ0n) is 18.8. The number of hydrogen-bond donors (Lipinski definition) is 1. The summed E-state index contributed by atoms with van der Waals surface area (Å²) in [6.07, 6.45) is 0. The molecule has 0 aliphatic rings.